The first-order chi connectivity index (χ1) is 17.8. The predicted octanol–water partition coefficient (Wildman–Crippen LogP) is 5.29. The molecule has 194 valence electrons. The number of nitrogens with zero attached hydrogens (tertiary/aromatic N) is 1. The van der Waals surface area contributed by atoms with Crippen LogP contribution in [0, 0.1) is 6.92 Å². The summed E-state index contributed by atoms with van der Waals surface area (Å²) in [7, 11) is -4.12. The van der Waals surface area contributed by atoms with E-state index in [1.807, 2.05) is 79.7 Å². The fourth-order valence-corrected chi connectivity index (χ4v) is 5.43. The van der Waals surface area contributed by atoms with Crippen LogP contribution >= 0.6 is 0 Å². The zero-order chi connectivity index (χ0) is 26.4. The molecule has 0 heterocycles. The van der Waals surface area contributed by atoms with E-state index in [4.69, 9.17) is 0 Å². The van der Waals surface area contributed by atoms with Gasteiger partial charge in [0.05, 0.1) is 4.90 Å². The van der Waals surface area contributed by atoms with E-state index in [-0.39, 0.29) is 20.1 Å². The zero-order valence-corrected chi connectivity index (χ0v) is 21.5. The SMILES string of the molecule is CCN(C(=O)[C@H](Cc1ccccc1)NC(=O)NS(=O)(=O)c1ccccc1C)c1ccc2ccccc2c1.[HH].[HH]. The zero-order valence-electron chi connectivity index (χ0n) is 20.7. The van der Waals surface area contributed by atoms with Crippen molar-refractivity contribution in [3.63, 3.8) is 0 Å². The molecule has 1 atom stereocenters. The molecule has 8 heteroatoms. The van der Waals surface area contributed by atoms with Gasteiger partial charge in [0.15, 0.2) is 0 Å². The van der Waals surface area contributed by atoms with Crippen LogP contribution in [0.25, 0.3) is 10.8 Å². The van der Waals surface area contributed by atoms with Gasteiger partial charge in [-0.25, -0.2) is 17.9 Å². The Morgan fingerprint density at radius 2 is 1.51 bits per heavy atom. The van der Waals surface area contributed by atoms with Crippen molar-refractivity contribution in [2.75, 3.05) is 11.4 Å². The third kappa shape index (κ3) is 6.16. The van der Waals surface area contributed by atoms with Crippen molar-refractivity contribution >= 4 is 38.4 Å². The number of hydrogen-bond acceptors (Lipinski definition) is 4. The molecule has 0 saturated carbocycles. The highest BCUT2D eigenvalue weighted by molar-refractivity contribution is 7.90. The van der Waals surface area contributed by atoms with E-state index in [1.54, 1.807) is 30.0 Å². The van der Waals surface area contributed by atoms with E-state index in [2.05, 4.69) is 10.0 Å². The normalized spacial score (nSPS) is 12.1. The van der Waals surface area contributed by atoms with Crippen molar-refractivity contribution in [3.8, 4) is 0 Å². The molecule has 4 aromatic rings. The van der Waals surface area contributed by atoms with Crippen LogP contribution in [0.5, 0.6) is 0 Å². The third-order valence-corrected chi connectivity index (χ3v) is 7.61. The summed E-state index contributed by atoms with van der Waals surface area (Å²) in [6.07, 6.45) is 0.196. The number of nitrogens with one attached hydrogen (secondary N) is 2. The van der Waals surface area contributed by atoms with Gasteiger partial charge in [0, 0.05) is 21.5 Å². The van der Waals surface area contributed by atoms with Gasteiger partial charge in [-0.3, -0.25) is 4.79 Å². The second-order valence-electron chi connectivity index (χ2n) is 8.70. The van der Waals surface area contributed by atoms with Crippen LogP contribution in [0.4, 0.5) is 10.5 Å². The van der Waals surface area contributed by atoms with Gasteiger partial charge in [-0.15, -0.1) is 0 Å². The molecule has 0 bridgehead atoms. The van der Waals surface area contributed by atoms with E-state index in [1.165, 1.54) is 6.07 Å². The molecule has 0 radical (unpaired) electrons. The molecule has 0 saturated heterocycles. The molecule has 0 unspecified atom stereocenters. The van der Waals surface area contributed by atoms with Crippen molar-refractivity contribution in [1.82, 2.24) is 10.0 Å². The molecular formula is C29H33N3O4S. The first-order valence-corrected chi connectivity index (χ1v) is 13.5. The van der Waals surface area contributed by atoms with Crippen molar-refractivity contribution in [2.24, 2.45) is 0 Å². The van der Waals surface area contributed by atoms with Crippen molar-refractivity contribution in [2.45, 2.75) is 31.2 Å². The first-order valence-electron chi connectivity index (χ1n) is 12.0. The summed E-state index contributed by atoms with van der Waals surface area (Å²) >= 11 is 0. The van der Waals surface area contributed by atoms with Crippen LogP contribution in [-0.4, -0.2) is 32.9 Å². The third-order valence-electron chi connectivity index (χ3n) is 6.12. The lowest BCUT2D eigenvalue weighted by Crippen LogP contribution is -2.53. The fourth-order valence-electron chi connectivity index (χ4n) is 4.27. The van der Waals surface area contributed by atoms with Gasteiger partial charge < -0.3 is 10.2 Å². The van der Waals surface area contributed by atoms with Gasteiger partial charge in [-0.05, 0) is 53.9 Å². The Kier molecular flexibility index (Phi) is 7.89. The average molecular weight is 520 g/mol. The number of urea groups is 1. The Morgan fingerprint density at radius 3 is 2.22 bits per heavy atom. The van der Waals surface area contributed by atoms with Crippen molar-refractivity contribution < 1.29 is 20.9 Å². The maximum absolute atomic E-state index is 13.8. The minimum atomic E-state index is -4.12. The van der Waals surface area contributed by atoms with Crippen LogP contribution < -0.4 is 14.9 Å². The summed E-state index contributed by atoms with van der Waals surface area (Å²) in [5.41, 5.74) is 2.03. The van der Waals surface area contributed by atoms with Gasteiger partial charge in [0.25, 0.3) is 10.0 Å². The minimum Gasteiger partial charge on any atom is -0.325 e. The standard InChI is InChI=1S/C29H29N3O4S.2H2/c1-3-32(25-18-17-23-14-8-9-15-24(23)20-25)28(33)26(19-22-12-5-4-6-13-22)30-29(34)31-37(35,36)27-16-10-7-11-21(27)2;;/h4-18,20,26H,3,19H2,1-2H3,(H2,30,31,34);2*1H/t26-;;/m0../s1. The molecule has 0 aliphatic heterocycles. The summed E-state index contributed by atoms with van der Waals surface area (Å²) in [6.45, 7) is 3.87. The smallest absolute Gasteiger partial charge is 0.325 e. The summed E-state index contributed by atoms with van der Waals surface area (Å²) in [6, 6.07) is 27.3. The van der Waals surface area contributed by atoms with Crippen LogP contribution in [0.3, 0.4) is 0 Å². The second-order valence-corrected chi connectivity index (χ2v) is 10.4. The summed E-state index contributed by atoms with van der Waals surface area (Å²) in [5, 5.41) is 4.65. The first kappa shape index (κ1) is 25.9. The Labute approximate surface area is 220 Å². The van der Waals surface area contributed by atoms with E-state index < -0.39 is 22.1 Å². The molecule has 37 heavy (non-hydrogen) atoms. The van der Waals surface area contributed by atoms with Gasteiger partial charge in [0.2, 0.25) is 5.91 Å². The van der Waals surface area contributed by atoms with Crippen molar-refractivity contribution in [1.29, 1.82) is 0 Å². The number of anilines is 1. The summed E-state index contributed by atoms with van der Waals surface area (Å²) in [4.78, 5) is 28.3. The number of benzene rings is 4. The maximum Gasteiger partial charge on any atom is 0.329 e. The van der Waals surface area contributed by atoms with E-state index in [9.17, 15) is 18.0 Å². The Bertz CT molecular complexity index is 1530. The van der Waals surface area contributed by atoms with E-state index in [0.717, 1.165) is 16.3 Å². The topological polar surface area (TPSA) is 95.6 Å². The predicted molar refractivity (Wildman–Crippen MR) is 150 cm³/mol. The minimum absolute atomic E-state index is 0. The van der Waals surface area contributed by atoms with Gasteiger partial charge >= 0.3 is 6.03 Å². The molecule has 7 nitrogen and oxygen atoms in total. The lowest BCUT2D eigenvalue weighted by Gasteiger charge is -2.27. The molecule has 0 aliphatic rings. The number of sulfonamides is 1. The Balaban J connectivity index is 0.00000267. The monoisotopic (exact) mass is 519 g/mol. The molecule has 0 aliphatic carbocycles. The number of aryl methyl sites for hydroxylation is 1. The fraction of sp³-hybridized carbons (Fsp3) is 0.172. The molecule has 0 aromatic heterocycles. The van der Waals surface area contributed by atoms with Gasteiger partial charge in [-0.1, -0.05) is 78.9 Å². The second kappa shape index (κ2) is 11.3. The average Bonchev–Trinajstić information content (AvgIpc) is 2.89. The molecule has 3 amide bonds. The summed E-state index contributed by atoms with van der Waals surface area (Å²) in [5.74, 6) is -0.343. The Hall–Kier alpha value is -4.17. The highest BCUT2D eigenvalue weighted by atomic mass is 32.2. The number of amides is 3. The number of fused-ring (bicyclic) bond motifs is 1. The van der Waals surface area contributed by atoms with Crippen LogP contribution in [0.15, 0.2) is 102 Å². The largest absolute Gasteiger partial charge is 0.329 e. The summed E-state index contributed by atoms with van der Waals surface area (Å²) < 4.78 is 27.7. The molecule has 2 N–H and O–H groups in total. The number of carbonyl (C=O) groups excluding carboxylic acids is 2. The number of rotatable bonds is 8. The quantitative estimate of drug-likeness (QED) is 0.331. The lowest BCUT2D eigenvalue weighted by atomic mass is 10.0. The van der Waals surface area contributed by atoms with Crippen LogP contribution in [0.1, 0.15) is 20.9 Å². The van der Waals surface area contributed by atoms with E-state index >= 15 is 0 Å². The highest BCUT2D eigenvalue weighted by Crippen LogP contribution is 2.23. The molecular weight excluding hydrogens is 486 g/mol. The number of hydrogen-bond donors (Lipinski definition) is 2. The molecule has 4 aromatic carbocycles. The van der Waals surface area contributed by atoms with Crippen LogP contribution in [-0.2, 0) is 21.2 Å². The van der Waals surface area contributed by atoms with Crippen LogP contribution in [0.2, 0.25) is 0 Å². The lowest BCUT2D eigenvalue weighted by molar-refractivity contribution is -0.120. The van der Waals surface area contributed by atoms with E-state index in [0.29, 0.717) is 17.8 Å². The number of carbonyl (C=O) groups is 2. The molecule has 4 rings (SSSR count). The number of likely N-dealkylation sites (N-methyl/N-ethyl adjacent to an activating group) is 1. The van der Waals surface area contributed by atoms with Gasteiger partial charge in [0.1, 0.15) is 6.04 Å². The molecule has 0 fully saturated rings. The highest BCUT2D eigenvalue weighted by Gasteiger charge is 2.28. The Morgan fingerprint density at radius 1 is 0.865 bits per heavy atom. The molecule has 0 spiro atoms. The van der Waals surface area contributed by atoms with Gasteiger partial charge in [-0.2, -0.15) is 0 Å². The van der Waals surface area contributed by atoms with Crippen molar-refractivity contribution in [3.05, 3.63) is 108 Å². The maximum atomic E-state index is 13.8.